The molecule has 0 fully saturated rings. The average molecular weight is 331 g/mol. The summed E-state index contributed by atoms with van der Waals surface area (Å²) in [5.74, 6) is -2.11. The Morgan fingerprint density at radius 1 is 1.17 bits per heavy atom. The first-order valence-electron chi connectivity index (χ1n) is 8.40. The van der Waals surface area contributed by atoms with Crippen molar-refractivity contribution >= 4 is 11.8 Å². The van der Waals surface area contributed by atoms with Crippen molar-refractivity contribution in [3.8, 4) is 0 Å². The van der Waals surface area contributed by atoms with Gasteiger partial charge in [0.15, 0.2) is 5.78 Å². The number of Topliss-reactive ketones (excluding diaryl/α,β-unsaturated/α-hetero) is 1. The maximum absolute atomic E-state index is 12.9. The fourth-order valence-corrected chi connectivity index (χ4v) is 3.50. The second-order valence-electron chi connectivity index (χ2n) is 6.24. The third-order valence-corrected chi connectivity index (χ3v) is 4.77. The smallest absolute Gasteiger partial charge is 0.336 e. The zero-order valence-electron chi connectivity index (χ0n) is 14.4. The average Bonchev–Trinajstić information content (AvgIpc) is 2.55. The van der Waals surface area contributed by atoms with Crippen molar-refractivity contribution in [3.05, 3.63) is 47.2 Å². The van der Waals surface area contributed by atoms with Crippen molar-refractivity contribution in [1.29, 1.82) is 0 Å². The fraction of sp³-hybridized carbons (Fsp3) is 0.474. The lowest BCUT2D eigenvalue weighted by Gasteiger charge is -2.36. The zero-order valence-corrected chi connectivity index (χ0v) is 14.4. The van der Waals surface area contributed by atoms with Gasteiger partial charge in [-0.1, -0.05) is 25.1 Å². The molecule has 5 nitrogen and oxygen atoms in total. The minimum absolute atomic E-state index is 0.0135. The summed E-state index contributed by atoms with van der Waals surface area (Å²) in [4.78, 5) is 26.4. The Morgan fingerprint density at radius 2 is 1.75 bits per heavy atom. The zero-order chi connectivity index (χ0) is 17.9. The van der Waals surface area contributed by atoms with Crippen molar-refractivity contribution in [2.24, 2.45) is 11.8 Å². The van der Waals surface area contributed by atoms with E-state index in [0.717, 1.165) is 18.8 Å². The number of benzene rings is 1. The van der Waals surface area contributed by atoms with Crippen LogP contribution in [0.25, 0.3) is 0 Å². The fourth-order valence-electron chi connectivity index (χ4n) is 3.50. The van der Waals surface area contributed by atoms with Gasteiger partial charge in [0, 0.05) is 24.4 Å². The van der Waals surface area contributed by atoms with E-state index in [2.05, 4.69) is 18.7 Å². The molecule has 2 N–H and O–H groups in total. The summed E-state index contributed by atoms with van der Waals surface area (Å²) in [7, 11) is 0. The number of hydrogen-bond acceptors (Lipinski definition) is 4. The molecular weight excluding hydrogens is 306 g/mol. The van der Waals surface area contributed by atoms with Gasteiger partial charge in [0.2, 0.25) is 0 Å². The molecule has 3 unspecified atom stereocenters. The van der Waals surface area contributed by atoms with Crippen LogP contribution in [0.1, 0.15) is 47.9 Å². The van der Waals surface area contributed by atoms with E-state index in [0.29, 0.717) is 6.42 Å². The van der Waals surface area contributed by atoms with Gasteiger partial charge in [-0.3, -0.25) is 4.79 Å². The summed E-state index contributed by atoms with van der Waals surface area (Å²) >= 11 is 0. The molecule has 3 atom stereocenters. The van der Waals surface area contributed by atoms with Crippen LogP contribution in [0.15, 0.2) is 36.0 Å². The van der Waals surface area contributed by atoms with Crippen LogP contribution in [0, 0.1) is 11.8 Å². The van der Waals surface area contributed by atoms with Crippen molar-refractivity contribution in [1.82, 2.24) is 4.90 Å². The number of ketones is 1. The monoisotopic (exact) mass is 331 g/mol. The Kier molecular flexibility index (Phi) is 5.78. The number of aliphatic hydroxyl groups is 1. The molecule has 130 valence electrons. The number of aromatic carboxylic acids is 1. The molecule has 0 radical (unpaired) electrons. The van der Waals surface area contributed by atoms with Crippen LogP contribution < -0.4 is 0 Å². The summed E-state index contributed by atoms with van der Waals surface area (Å²) in [5, 5.41) is 19.8. The molecule has 24 heavy (non-hydrogen) atoms. The third kappa shape index (κ3) is 3.51. The lowest BCUT2D eigenvalue weighted by atomic mass is 9.75. The van der Waals surface area contributed by atoms with Gasteiger partial charge >= 0.3 is 5.97 Å². The summed E-state index contributed by atoms with van der Waals surface area (Å²) in [6.07, 6.45) is 1.54. The van der Waals surface area contributed by atoms with Crippen molar-refractivity contribution in [2.45, 2.75) is 33.3 Å². The van der Waals surface area contributed by atoms with Gasteiger partial charge in [-0.05, 0) is 38.3 Å². The highest BCUT2D eigenvalue weighted by molar-refractivity contribution is 6.07. The standard InChI is InChI=1S/C19H25NO4/c1-4-20(5-2)13-10-12(3)17(16(21)11-13)18(22)14-8-6-7-9-15(14)19(23)24/h6-9,11-12,16-17,21H,4-5,10H2,1-3H3,(H,23,24). The van der Waals surface area contributed by atoms with Crippen molar-refractivity contribution < 1.29 is 19.8 Å². The maximum Gasteiger partial charge on any atom is 0.336 e. The van der Waals surface area contributed by atoms with Crippen LogP contribution in [0.5, 0.6) is 0 Å². The van der Waals surface area contributed by atoms with Crippen molar-refractivity contribution in [3.63, 3.8) is 0 Å². The van der Waals surface area contributed by atoms with E-state index < -0.39 is 18.0 Å². The molecule has 0 bridgehead atoms. The van der Waals surface area contributed by atoms with E-state index >= 15 is 0 Å². The first kappa shape index (κ1) is 18.2. The number of allylic oxidation sites excluding steroid dienone is 1. The molecule has 1 aromatic carbocycles. The minimum Gasteiger partial charge on any atom is -0.478 e. The highest BCUT2D eigenvalue weighted by atomic mass is 16.4. The molecule has 0 saturated carbocycles. The van der Waals surface area contributed by atoms with Gasteiger partial charge in [-0.25, -0.2) is 4.79 Å². The van der Waals surface area contributed by atoms with Gasteiger partial charge in [0.05, 0.1) is 17.6 Å². The molecule has 1 aromatic rings. The Bertz CT molecular complexity index is 649. The molecule has 0 aromatic heterocycles. The van der Waals surface area contributed by atoms with Gasteiger partial charge in [-0.15, -0.1) is 0 Å². The van der Waals surface area contributed by atoms with E-state index in [1.807, 2.05) is 6.92 Å². The number of carboxylic acids is 1. The first-order valence-corrected chi connectivity index (χ1v) is 8.40. The normalized spacial score (nSPS) is 23.5. The van der Waals surface area contributed by atoms with Gasteiger partial charge in [-0.2, -0.15) is 0 Å². The Labute approximate surface area is 142 Å². The number of carbonyl (C=O) groups is 2. The van der Waals surface area contributed by atoms with E-state index in [-0.39, 0.29) is 22.8 Å². The molecule has 2 rings (SSSR count). The van der Waals surface area contributed by atoms with E-state index in [1.54, 1.807) is 18.2 Å². The number of hydrogen-bond donors (Lipinski definition) is 2. The van der Waals surface area contributed by atoms with Crippen LogP contribution in [0.4, 0.5) is 0 Å². The van der Waals surface area contributed by atoms with Gasteiger partial charge in [0.1, 0.15) is 0 Å². The highest BCUT2D eigenvalue weighted by Gasteiger charge is 2.37. The second-order valence-corrected chi connectivity index (χ2v) is 6.24. The summed E-state index contributed by atoms with van der Waals surface area (Å²) in [6.45, 7) is 7.75. The van der Waals surface area contributed by atoms with Crippen LogP contribution in [0.2, 0.25) is 0 Å². The summed E-state index contributed by atoms with van der Waals surface area (Å²) < 4.78 is 0. The number of nitrogens with zero attached hydrogens (tertiary/aromatic N) is 1. The van der Waals surface area contributed by atoms with Gasteiger partial charge in [0.25, 0.3) is 0 Å². The van der Waals surface area contributed by atoms with Crippen molar-refractivity contribution in [2.75, 3.05) is 13.1 Å². The van der Waals surface area contributed by atoms with E-state index in [4.69, 9.17) is 0 Å². The summed E-state index contributed by atoms with van der Waals surface area (Å²) in [6, 6.07) is 6.19. The largest absolute Gasteiger partial charge is 0.478 e. The molecule has 0 aliphatic heterocycles. The topological polar surface area (TPSA) is 77.8 Å². The van der Waals surface area contributed by atoms with Crippen LogP contribution in [-0.4, -0.2) is 46.1 Å². The number of carbonyl (C=O) groups excluding carboxylic acids is 1. The lowest BCUT2D eigenvalue weighted by Crippen LogP contribution is -2.39. The molecule has 0 spiro atoms. The third-order valence-electron chi connectivity index (χ3n) is 4.77. The Morgan fingerprint density at radius 3 is 2.25 bits per heavy atom. The molecular formula is C19H25NO4. The van der Waals surface area contributed by atoms with Gasteiger partial charge < -0.3 is 15.1 Å². The lowest BCUT2D eigenvalue weighted by molar-refractivity contribution is 0.0602. The Balaban J connectivity index is 2.33. The minimum atomic E-state index is -1.13. The summed E-state index contributed by atoms with van der Waals surface area (Å²) in [5.41, 5.74) is 1.21. The number of rotatable bonds is 6. The predicted octanol–water partition coefficient (Wildman–Crippen LogP) is 2.81. The van der Waals surface area contributed by atoms with Crippen LogP contribution in [-0.2, 0) is 0 Å². The first-order chi connectivity index (χ1) is 11.4. The molecule has 0 saturated heterocycles. The van der Waals surface area contributed by atoms with E-state index in [9.17, 15) is 19.8 Å². The van der Waals surface area contributed by atoms with Crippen LogP contribution >= 0.6 is 0 Å². The SMILES string of the molecule is CCN(CC)C1=CC(O)C(C(=O)c2ccccc2C(=O)O)C(C)C1. The quantitative estimate of drug-likeness (QED) is 0.784. The highest BCUT2D eigenvalue weighted by Crippen LogP contribution is 2.34. The number of carboxylic acid groups (broad SMARTS) is 1. The molecule has 0 amide bonds. The maximum atomic E-state index is 12.9. The molecule has 1 aliphatic rings. The number of aliphatic hydroxyl groups excluding tert-OH is 1. The molecule has 5 heteroatoms. The second kappa shape index (κ2) is 7.62. The molecule has 0 heterocycles. The Hall–Kier alpha value is -2.14. The predicted molar refractivity (Wildman–Crippen MR) is 92.0 cm³/mol. The molecule has 1 aliphatic carbocycles. The van der Waals surface area contributed by atoms with Crippen LogP contribution in [0.3, 0.4) is 0 Å². The van der Waals surface area contributed by atoms with E-state index in [1.165, 1.54) is 12.1 Å².